The molecular weight excluding hydrogens is 410 g/mol. The molecule has 0 saturated heterocycles. The summed E-state index contributed by atoms with van der Waals surface area (Å²) in [7, 11) is 0. The molecule has 4 rings (SSSR count). The summed E-state index contributed by atoms with van der Waals surface area (Å²) in [5.41, 5.74) is 8.86. The SMILES string of the molecule is C=C/C=C\C=CC1C=C(C(/C=C\NC2=CC=C(c3ccc(-c4ccccc4)cc3)C2)=C/C=C)C1. The first-order valence-corrected chi connectivity index (χ1v) is 11.7. The Bertz CT molecular complexity index is 1230. The first-order chi connectivity index (χ1) is 16.8. The first-order valence-electron chi connectivity index (χ1n) is 11.7. The van der Waals surface area contributed by atoms with E-state index in [9.17, 15) is 0 Å². The zero-order valence-corrected chi connectivity index (χ0v) is 19.5. The van der Waals surface area contributed by atoms with E-state index in [0.717, 1.165) is 12.8 Å². The molecule has 1 atom stereocenters. The fraction of sp³-hybridized carbons (Fsp3) is 0.0909. The van der Waals surface area contributed by atoms with E-state index in [1.165, 1.54) is 39.1 Å². The molecule has 0 heterocycles. The van der Waals surface area contributed by atoms with Gasteiger partial charge in [-0.25, -0.2) is 0 Å². The number of hydrogen-bond acceptors (Lipinski definition) is 1. The van der Waals surface area contributed by atoms with Gasteiger partial charge in [-0.3, -0.25) is 0 Å². The van der Waals surface area contributed by atoms with Gasteiger partial charge in [-0.2, -0.15) is 0 Å². The van der Waals surface area contributed by atoms with Crippen LogP contribution in [0.15, 0.2) is 158 Å². The molecule has 0 bridgehead atoms. The number of rotatable bonds is 10. The van der Waals surface area contributed by atoms with Crippen LogP contribution >= 0.6 is 0 Å². The second-order valence-corrected chi connectivity index (χ2v) is 8.40. The van der Waals surface area contributed by atoms with Crippen molar-refractivity contribution in [3.05, 3.63) is 163 Å². The molecule has 168 valence electrons. The number of benzene rings is 2. The van der Waals surface area contributed by atoms with Gasteiger partial charge >= 0.3 is 0 Å². The van der Waals surface area contributed by atoms with Crippen LogP contribution in [0.3, 0.4) is 0 Å². The van der Waals surface area contributed by atoms with Crippen molar-refractivity contribution in [2.45, 2.75) is 12.8 Å². The molecule has 0 amide bonds. The third-order valence-corrected chi connectivity index (χ3v) is 6.02. The molecule has 1 N–H and O–H groups in total. The van der Waals surface area contributed by atoms with Gasteiger partial charge in [0.1, 0.15) is 0 Å². The van der Waals surface area contributed by atoms with E-state index < -0.39 is 0 Å². The Morgan fingerprint density at radius 3 is 2.29 bits per heavy atom. The Hall–Kier alpha value is -4.10. The lowest BCUT2D eigenvalue weighted by molar-refractivity contribution is 0.718. The van der Waals surface area contributed by atoms with Crippen LogP contribution in [0, 0.1) is 5.92 Å². The molecule has 2 aromatic carbocycles. The van der Waals surface area contributed by atoms with Crippen molar-refractivity contribution in [2.24, 2.45) is 5.92 Å². The maximum Gasteiger partial charge on any atom is 0.0191 e. The highest BCUT2D eigenvalue weighted by Gasteiger charge is 2.18. The fourth-order valence-electron chi connectivity index (χ4n) is 4.13. The van der Waals surface area contributed by atoms with E-state index >= 15 is 0 Å². The van der Waals surface area contributed by atoms with Crippen molar-refractivity contribution < 1.29 is 0 Å². The third-order valence-electron chi connectivity index (χ3n) is 6.02. The molecule has 0 aliphatic heterocycles. The van der Waals surface area contributed by atoms with Crippen LogP contribution in [-0.2, 0) is 0 Å². The second-order valence-electron chi connectivity index (χ2n) is 8.40. The highest BCUT2D eigenvalue weighted by molar-refractivity contribution is 5.74. The normalized spacial score (nSPS) is 18.1. The summed E-state index contributed by atoms with van der Waals surface area (Å²) in [4.78, 5) is 0. The fourth-order valence-corrected chi connectivity index (χ4v) is 4.13. The summed E-state index contributed by atoms with van der Waals surface area (Å²) in [6, 6.07) is 19.3. The quantitative estimate of drug-likeness (QED) is 0.365. The molecule has 2 aromatic rings. The molecular formula is C33H31N. The van der Waals surface area contributed by atoms with Gasteiger partial charge in [-0.15, -0.1) is 0 Å². The van der Waals surface area contributed by atoms with E-state index in [0.29, 0.717) is 5.92 Å². The average molecular weight is 442 g/mol. The van der Waals surface area contributed by atoms with Crippen LogP contribution in [0.2, 0.25) is 0 Å². The molecule has 0 aromatic heterocycles. The molecule has 0 spiro atoms. The van der Waals surface area contributed by atoms with Crippen LogP contribution in [0.25, 0.3) is 16.7 Å². The van der Waals surface area contributed by atoms with Crippen LogP contribution in [0.1, 0.15) is 18.4 Å². The average Bonchev–Trinajstić information content (AvgIpc) is 3.32. The minimum Gasteiger partial charge on any atom is -0.365 e. The molecule has 0 fully saturated rings. The Labute approximate surface area is 203 Å². The Morgan fingerprint density at radius 1 is 0.824 bits per heavy atom. The molecule has 0 radical (unpaired) electrons. The topological polar surface area (TPSA) is 12.0 Å². The summed E-state index contributed by atoms with van der Waals surface area (Å²) >= 11 is 0. The molecule has 34 heavy (non-hydrogen) atoms. The first kappa shape index (κ1) is 23.1. The summed E-state index contributed by atoms with van der Waals surface area (Å²) < 4.78 is 0. The van der Waals surface area contributed by atoms with Crippen LogP contribution in [0.5, 0.6) is 0 Å². The van der Waals surface area contributed by atoms with Crippen molar-refractivity contribution in [3.63, 3.8) is 0 Å². The van der Waals surface area contributed by atoms with E-state index in [2.05, 4.69) is 110 Å². The Balaban J connectivity index is 1.30. The van der Waals surface area contributed by atoms with Crippen molar-refractivity contribution >= 4 is 5.57 Å². The smallest absolute Gasteiger partial charge is 0.0191 e. The maximum atomic E-state index is 3.87. The maximum absolute atomic E-state index is 3.87. The molecule has 1 nitrogen and oxygen atoms in total. The summed E-state index contributed by atoms with van der Waals surface area (Å²) in [5, 5.41) is 3.46. The number of nitrogens with one attached hydrogen (secondary N) is 1. The molecule has 1 heteroatoms. The number of allylic oxidation sites excluding steroid dienone is 14. The van der Waals surface area contributed by atoms with Gasteiger partial charge in [0.25, 0.3) is 0 Å². The van der Waals surface area contributed by atoms with Crippen molar-refractivity contribution in [1.29, 1.82) is 0 Å². The second kappa shape index (κ2) is 11.7. The Kier molecular flexibility index (Phi) is 7.92. The monoisotopic (exact) mass is 441 g/mol. The van der Waals surface area contributed by atoms with Gasteiger partial charge in [0.15, 0.2) is 0 Å². The summed E-state index contributed by atoms with van der Waals surface area (Å²) in [5.74, 6) is 0.497. The predicted molar refractivity (Wildman–Crippen MR) is 148 cm³/mol. The van der Waals surface area contributed by atoms with Gasteiger partial charge in [0, 0.05) is 18.3 Å². The third kappa shape index (κ3) is 6.02. The zero-order chi connectivity index (χ0) is 23.6. The Morgan fingerprint density at radius 2 is 1.56 bits per heavy atom. The largest absolute Gasteiger partial charge is 0.365 e. The zero-order valence-electron chi connectivity index (χ0n) is 19.5. The minimum absolute atomic E-state index is 0.497. The van der Waals surface area contributed by atoms with E-state index in [4.69, 9.17) is 0 Å². The lowest BCUT2D eigenvalue weighted by Crippen LogP contribution is -2.09. The highest BCUT2D eigenvalue weighted by Crippen LogP contribution is 2.33. The van der Waals surface area contributed by atoms with Gasteiger partial charge in [0.2, 0.25) is 0 Å². The van der Waals surface area contributed by atoms with E-state index in [1.54, 1.807) is 6.08 Å². The van der Waals surface area contributed by atoms with Crippen molar-refractivity contribution in [1.82, 2.24) is 5.32 Å². The standard InChI is InChI=1S/C33H31N/c1-3-5-6-8-12-26-23-32(24-26)27(11-4-2)21-22-34-33-20-19-31(25-33)30-17-15-29(16-18-30)28-13-9-7-10-14-28/h3-23,26,34H,1-2,24-25H2/b6-5-,12-8?,22-21-,27-11+. The van der Waals surface area contributed by atoms with Crippen molar-refractivity contribution in [2.75, 3.05) is 0 Å². The van der Waals surface area contributed by atoms with Gasteiger partial charge in [-0.05, 0) is 57.9 Å². The van der Waals surface area contributed by atoms with Crippen LogP contribution in [0.4, 0.5) is 0 Å². The van der Waals surface area contributed by atoms with Gasteiger partial charge in [0.05, 0.1) is 0 Å². The van der Waals surface area contributed by atoms with Crippen LogP contribution < -0.4 is 5.32 Å². The summed E-state index contributed by atoms with van der Waals surface area (Å²) in [6.07, 6.45) is 26.8. The molecule has 2 aliphatic rings. The lowest BCUT2D eigenvalue weighted by atomic mass is 9.81. The highest BCUT2D eigenvalue weighted by atomic mass is 14.8. The van der Waals surface area contributed by atoms with E-state index in [-0.39, 0.29) is 0 Å². The van der Waals surface area contributed by atoms with E-state index in [1.807, 2.05) is 30.5 Å². The molecule has 1 unspecified atom stereocenters. The predicted octanol–water partition coefficient (Wildman–Crippen LogP) is 8.49. The van der Waals surface area contributed by atoms with Gasteiger partial charge in [-0.1, -0.05) is 122 Å². The van der Waals surface area contributed by atoms with Crippen LogP contribution in [-0.4, -0.2) is 0 Å². The van der Waals surface area contributed by atoms with Crippen molar-refractivity contribution in [3.8, 4) is 11.1 Å². The number of hydrogen-bond donors (Lipinski definition) is 1. The lowest BCUT2D eigenvalue weighted by Gasteiger charge is -2.23. The summed E-state index contributed by atoms with van der Waals surface area (Å²) in [6.45, 7) is 7.56. The molecule has 2 aliphatic carbocycles. The minimum atomic E-state index is 0.497. The van der Waals surface area contributed by atoms with Gasteiger partial charge < -0.3 is 5.32 Å². The molecule has 0 saturated carbocycles.